The molecule has 1 saturated heterocycles. The first-order chi connectivity index (χ1) is 11.9. The highest BCUT2D eigenvalue weighted by Gasteiger charge is 2.29. The van der Waals surface area contributed by atoms with Crippen molar-refractivity contribution in [3.8, 4) is 0 Å². The first kappa shape index (κ1) is 20.7. The zero-order valence-corrected chi connectivity index (χ0v) is 14.9. The van der Waals surface area contributed by atoms with Gasteiger partial charge in [-0.2, -0.15) is 18.3 Å². The van der Waals surface area contributed by atoms with E-state index >= 15 is 0 Å². The standard InChI is InChI=1S/C17H21F3N4O.ClH/c18-17(19,20)15-3-1-12(2-4-15)10-24-11-13(6-23-24)5-21-7-14-8-22-9-16(14)25;/h1-4,6,11,14,16,21-22,25H,5,7-10H2;1H. The molecule has 144 valence electrons. The maximum atomic E-state index is 12.6. The van der Waals surface area contributed by atoms with E-state index in [0.717, 1.165) is 36.3 Å². The minimum Gasteiger partial charge on any atom is -0.391 e. The molecule has 0 amide bonds. The van der Waals surface area contributed by atoms with E-state index in [9.17, 15) is 18.3 Å². The number of rotatable bonds is 6. The van der Waals surface area contributed by atoms with E-state index in [-0.39, 0.29) is 24.4 Å². The number of nitrogens with zero attached hydrogens (tertiary/aromatic N) is 2. The molecule has 0 aliphatic carbocycles. The number of hydrogen-bond donors (Lipinski definition) is 3. The molecule has 2 unspecified atom stereocenters. The molecule has 1 aliphatic rings. The molecule has 1 aliphatic heterocycles. The third-order valence-corrected chi connectivity index (χ3v) is 4.35. The Morgan fingerprint density at radius 3 is 2.54 bits per heavy atom. The lowest BCUT2D eigenvalue weighted by atomic mass is 10.1. The summed E-state index contributed by atoms with van der Waals surface area (Å²) in [5, 5.41) is 20.4. The van der Waals surface area contributed by atoms with Gasteiger partial charge in [-0.05, 0) is 17.7 Å². The Balaban J connectivity index is 0.00000243. The van der Waals surface area contributed by atoms with Crippen LogP contribution in [0, 0.1) is 5.92 Å². The van der Waals surface area contributed by atoms with Crippen LogP contribution in [0.25, 0.3) is 0 Å². The molecule has 26 heavy (non-hydrogen) atoms. The van der Waals surface area contributed by atoms with Gasteiger partial charge in [0.2, 0.25) is 0 Å². The quantitative estimate of drug-likeness (QED) is 0.706. The van der Waals surface area contributed by atoms with Crippen molar-refractivity contribution in [1.82, 2.24) is 20.4 Å². The van der Waals surface area contributed by atoms with E-state index in [1.165, 1.54) is 12.1 Å². The molecule has 2 aromatic rings. The Bertz CT molecular complexity index is 690. The zero-order chi connectivity index (χ0) is 17.9. The average Bonchev–Trinajstić information content (AvgIpc) is 3.17. The third-order valence-electron chi connectivity index (χ3n) is 4.35. The predicted molar refractivity (Wildman–Crippen MR) is 94.1 cm³/mol. The molecule has 1 fully saturated rings. The number of halogens is 4. The number of aromatic nitrogens is 2. The maximum Gasteiger partial charge on any atom is 0.416 e. The van der Waals surface area contributed by atoms with Gasteiger partial charge in [-0.25, -0.2) is 0 Å². The molecule has 3 N–H and O–H groups in total. The van der Waals surface area contributed by atoms with Gasteiger partial charge in [0.05, 0.1) is 24.4 Å². The summed E-state index contributed by atoms with van der Waals surface area (Å²) in [6, 6.07) is 5.11. The van der Waals surface area contributed by atoms with E-state index in [0.29, 0.717) is 19.6 Å². The van der Waals surface area contributed by atoms with Crippen molar-refractivity contribution in [3.63, 3.8) is 0 Å². The van der Waals surface area contributed by atoms with Crippen LogP contribution >= 0.6 is 12.4 Å². The summed E-state index contributed by atoms with van der Waals surface area (Å²) in [5.74, 6) is 0.210. The van der Waals surface area contributed by atoms with Crippen LogP contribution in [0.4, 0.5) is 13.2 Å². The molecule has 3 rings (SSSR count). The normalized spacial score (nSPS) is 20.2. The van der Waals surface area contributed by atoms with Crippen molar-refractivity contribution in [2.75, 3.05) is 19.6 Å². The van der Waals surface area contributed by atoms with Crippen molar-refractivity contribution < 1.29 is 18.3 Å². The molecule has 2 heterocycles. The largest absolute Gasteiger partial charge is 0.416 e. The molecule has 2 atom stereocenters. The fourth-order valence-corrected chi connectivity index (χ4v) is 2.90. The first-order valence-electron chi connectivity index (χ1n) is 8.19. The molecule has 0 bridgehead atoms. The van der Waals surface area contributed by atoms with Gasteiger partial charge < -0.3 is 15.7 Å². The van der Waals surface area contributed by atoms with Crippen LogP contribution in [0.5, 0.6) is 0 Å². The number of nitrogens with one attached hydrogen (secondary N) is 2. The lowest BCUT2D eigenvalue weighted by molar-refractivity contribution is -0.137. The number of β-amino-alcohol motifs (C(OH)–C–C–N with tert-alkyl or cyclic N) is 1. The number of benzene rings is 1. The van der Waals surface area contributed by atoms with Crippen LogP contribution in [0.2, 0.25) is 0 Å². The molecular formula is C17H22ClF3N4O. The predicted octanol–water partition coefficient (Wildman–Crippen LogP) is 2.04. The Kier molecular flexibility index (Phi) is 7.05. The highest BCUT2D eigenvalue weighted by atomic mass is 35.5. The SMILES string of the molecule is Cl.OC1CNCC1CNCc1cnn(Cc2ccc(C(F)(F)F)cc2)c1. The maximum absolute atomic E-state index is 12.6. The summed E-state index contributed by atoms with van der Waals surface area (Å²) in [6.45, 7) is 3.22. The molecule has 0 spiro atoms. The average molecular weight is 391 g/mol. The van der Waals surface area contributed by atoms with Gasteiger partial charge in [0.25, 0.3) is 0 Å². The summed E-state index contributed by atoms with van der Waals surface area (Å²) in [7, 11) is 0. The summed E-state index contributed by atoms with van der Waals surface area (Å²) in [4.78, 5) is 0. The van der Waals surface area contributed by atoms with Crippen LogP contribution in [0.3, 0.4) is 0 Å². The van der Waals surface area contributed by atoms with Gasteiger partial charge in [0, 0.05) is 43.9 Å². The van der Waals surface area contributed by atoms with Gasteiger partial charge in [-0.1, -0.05) is 12.1 Å². The Morgan fingerprint density at radius 1 is 1.19 bits per heavy atom. The summed E-state index contributed by atoms with van der Waals surface area (Å²) in [6.07, 6.45) is -1.02. The van der Waals surface area contributed by atoms with E-state index in [2.05, 4.69) is 15.7 Å². The number of alkyl halides is 3. The monoisotopic (exact) mass is 390 g/mol. The molecule has 0 saturated carbocycles. The smallest absolute Gasteiger partial charge is 0.391 e. The Hall–Kier alpha value is -1.61. The minimum absolute atomic E-state index is 0. The molecule has 1 aromatic heterocycles. The van der Waals surface area contributed by atoms with Gasteiger partial charge >= 0.3 is 6.18 Å². The highest BCUT2D eigenvalue weighted by molar-refractivity contribution is 5.85. The zero-order valence-electron chi connectivity index (χ0n) is 14.0. The van der Waals surface area contributed by atoms with Crippen LogP contribution in [0.15, 0.2) is 36.7 Å². The number of hydrogen-bond acceptors (Lipinski definition) is 4. The van der Waals surface area contributed by atoms with Gasteiger partial charge in [0.1, 0.15) is 0 Å². The molecule has 9 heteroatoms. The summed E-state index contributed by atoms with van der Waals surface area (Å²) in [5.41, 5.74) is 1.10. The second kappa shape index (κ2) is 8.85. The minimum atomic E-state index is -4.31. The van der Waals surface area contributed by atoms with Crippen molar-refractivity contribution >= 4 is 12.4 Å². The lowest BCUT2D eigenvalue weighted by Crippen LogP contribution is -2.30. The van der Waals surface area contributed by atoms with E-state index in [1.54, 1.807) is 10.9 Å². The Labute approximate surface area is 156 Å². The molecular weight excluding hydrogens is 369 g/mol. The van der Waals surface area contributed by atoms with Crippen molar-refractivity contribution in [1.29, 1.82) is 0 Å². The fourth-order valence-electron chi connectivity index (χ4n) is 2.90. The van der Waals surface area contributed by atoms with E-state index < -0.39 is 11.7 Å². The topological polar surface area (TPSA) is 62.1 Å². The summed E-state index contributed by atoms with van der Waals surface area (Å²) >= 11 is 0. The van der Waals surface area contributed by atoms with E-state index in [4.69, 9.17) is 0 Å². The van der Waals surface area contributed by atoms with Crippen LogP contribution < -0.4 is 10.6 Å². The van der Waals surface area contributed by atoms with E-state index in [1.807, 2.05) is 6.20 Å². The molecule has 0 radical (unpaired) electrons. The summed E-state index contributed by atoms with van der Waals surface area (Å²) < 4.78 is 39.4. The first-order valence-corrected chi connectivity index (χ1v) is 8.19. The second-order valence-electron chi connectivity index (χ2n) is 6.36. The van der Waals surface area contributed by atoms with Crippen LogP contribution in [-0.2, 0) is 19.3 Å². The fraction of sp³-hybridized carbons (Fsp3) is 0.471. The molecule has 1 aromatic carbocycles. The van der Waals surface area contributed by atoms with Crippen molar-refractivity contribution in [2.45, 2.75) is 25.4 Å². The molecule has 5 nitrogen and oxygen atoms in total. The van der Waals surface area contributed by atoms with Crippen molar-refractivity contribution in [3.05, 3.63) is 53.3 Å². The number of aliphatic hydroxyl groups excluding tert-OH is 1. The number of aliphatic hydroxyl groups is 1. The van der Waals surface area contributed by atoms with Gasteiger partial charge in [-0.15, -0.1) is 12.4 Å². The van der Waals surface area contributed by atoms with Crippen LogP contribution in [0.1, 0.15) is 16.7 Å². The van der Waals surface area contributed by atoms with Gasteiger partial charge in [0.15, 0.2) is 0 Å². The van der Waals surface area contributed by atoms with Crippen molar-refractivity contribution in [2.24, 2.45) is 5.92 Å². The van der Waals surface area contributed by atoms with Gasteiger partial charge in [-0.3, -0.25) is 4.68 Å². The Morgan fingerprint density at radius 2 is 1.92 bits per heavy atom. The highest BCUT2D eigenvalue weighted by Crippen LogP contribution is 2.29. The van der Waals surface area contributed by atoms with Crippen LogP contribution in [-0.4, -0.2) is 40.6 Å². The third kappa shape index (κ3) is 5.44. The second-order valence-corrected chi connectivity index (χ2v) is 6.36. The lowest BCUT2D eigenvalue weighted by Gasteiger charge is -2.13.